The molecule has 0 saturated heterocycles. The maximum absolute atomic E-state index is 2.42. The van der Waals surface area contributed by atoms with E-state index in [1.807, 2.05) is 0 Å². The van der Waals surface area contributed by atoms with E-state index in [2.05, 4.69) is 79.5 Å². The minimum atomic E-state index is 0.492. The summed E-state index contributed by atoms with van der Waals surface area (Å²) < 4.78 is 0. The zero-order valence-electron chi connectivity index (χ0n) is 11.2. The molecule has 2 aromatic carbocycles. The molecule has 0 N–H and O–H groups in total. The van der Waals surface area contributed by atoms with E-state index in [1.54, 1.807) is 0 Å². The van der Waals surface area contributed by atoms with Crippen LogP contribution < -0.4 is 0 Å². The second kappa shape index (κ2) is 6.36. The molecule has 0 aromatic heterocycles. The molecule has 2 aromatic rings. The molecule has 94 valence electrons. The van der Waals surface area contributed by atoms with Gasteiger partial charge in [-0.2, -0.15) is 0 Å². The summed E-state index contributed by atoms with van der Waals surface area (Å²) >= 11 is 0. The van der Waals surface area contributed by atoms with Crippen LogP contribution in [-0.2, 0) is 6.54 Å². The van der Waals surface area contributed by atoms with Crippen molar-refractivity contribution in [1.29, 1.82) is 0 Å². The highest BCUT2D eigenvalue weighted by Gasteiger charge is 2.14. The van der Waals surface area contributed by atoms with Gasteiger partial charge in [-0.1, -0.05) is 67.6 Å². The van der Waals surface area contributed by atoms with Crippen LogP contribution in [0, 0.1) is 0 Å². The molecular weight excluding hydrogens is 218 g/mol. The maximum Gasteiger partial charge on any atom is 0.0345 e. The summed E-state index contributed by atoms with van der Waals surface area (Å²) in [4.78, 5) is 2.42. The van der Waals surface area contributed by atoms with Crippen LogP contribution in [0.25, 0.3) is 0 Å². The van der Waals surface area contributed by atoms with Gasteiger partial charge in [0.05, 0.1) is 0 Å². The average molecular weight is 239 g/mol. The van der Waals surface area contributed by atoms with Crippen LogP contribution in [-0.4, -0.2) is 11.9 Å². The Balaban J connectivity index is 2.09. The quantitative estimate of drug-likeness (QED) is 0.753. The average Bonchev–Trinajstić information content (AvgIpc) is 2.42. The Morgan fingerprint density at radius 2 is 1.44 bits per heavy atom. The van der Waals surface area contributed by atoms with E-state index in [9.17, 15) is 0 Å². The molecule has 0 amide bonds. The first-order valence-electron chi connectivity index (χ1n) is 6.60. The summed E-state index contributed by atoms with van der Waals surface area (Å²) in [5, 5.41) is 0. The lowest BCUT2D eigenvalue weighted by Gasteiger charge is -2.27. The van der Waals surface area contributed by atoms with Gasteiger partial charge < -0.3 is 0 Å². The van der Waals surface area contributed by atoms with Crippen LogP contribution in [0.3, 0.4) is 0 Å². The lowest BCUT2D eigenvalue weighted by Crippen LogP contribution is -2.23. The summed E-state index contributed by atoms with van der Waals surface area (Å²) in [5.74, 6) is 0. The van der Waals surface area contributed by atoms with Gasteiger partial charge in [0, 0.05) is 12.6 Å². The molecule has 0 bridgehead atoms. The topological polar surface area (TPSA) is 3.24 Å². The van der Waals surface area contributed by atoms with Gasteiger partial charge in [0.15, 0.2) is 0 Å². The highest BCUT2D eigenvalue weighted by atomic mass is 15.1. The summed E-state index contributed by atoms with van der Waals surface area (Å²) in [6, 6.07) is 21.9. The normalized spacial score (nSPS) is 12.6. The monoisotopic (exact) mass is 239 g/mol. The first kappa shape index (κ1) is 12.8. The minimum Gasteiger partial charge on any atom is -0.295 e. The molecule has 0 aliphatic heterocycles. The number of nitrogens with zero attached hydrogens (tertiary/aromatic N) is 1. The van der Waals surface area contributed by atoms with Crippen LogP contribution in [0.4, 0.5) is 0 Å². The van der Waals surface area contributed by atoms with Crippen molar-refractivity contribution in [2.75, 3.05) is 7.05 Å². The first-order chi connectivity index (χ1) is 8.81. The number of benzene rings is 2. The molecule has 0 spiro atoms. The Kier molecular flexibility index (Phi) is 4.54. The van der Waals surface area contributed by atoms with E-state index in [0.717, 1.165) is 13.0 Å². The van der Waals surface area contributed by atoms with E-state index in [-0.39, 0.29) is 0 Å². The molecular formula is C17H21N. The molecule has 0 aliphatic carbocycles. The molecule has 1 nitrogen and oxygen atoms in total. The molecule has 18 heavy (non-hydrogen) atoms. The minimum absolute atomic E-state index is 0.492. The summed E-state index contributed by atoms with van der Waals surface area (Å²) in [6.07, 6.45) is 1.13. The Bertz CT molecular complexity index is 450. The SMILES string of the molecule is CC[C@@H](c1ccccc1)N(C)Cc1ccccc1. The molecule has 0 radical (unpaired) electrons. The van der Waals surface area contributed by atoms with Gasteiger partial charge in [-0.25, -0.2) is 0 Å². The second-order valence-electron chi connectivity index (χ2n) is 4.74. The van der Waals surface area contributed by atoms with Crippen molar-refractivity contribution in [3.8, 4) is 0 Å². The Hall–Kier alpha value is -1.60. The van der Waals surface area contributed by atoms with Gasteiger partial charge >= 0.3 is 0 Å². The Morgan fingerprint density at radius 1 is 0.889 bits per heavy atom. The third-order valence-electron chi connectivity index (χ3n) is 3.38. The Labute approximate surface area is 110 Å². The second-order valence-corrected chi connectivity index (χ2v) is 4.74. The zero-order chi connectivity index (χ0) is 12.8. The van der Waals surface area contributed by atoms with Gasteiger partial charge in [0.1, 0.15) is 0 Å². The van der Waals surface area contributed by atoms with E-state index < -0.39 is 0 Å². The fraction of sp³-hybridized carbons (Fsp3) is 0.294. The predicted molar refractivity (Wildman–Crippen MR) is 77.4 cm³/mol. The van der Waals surface area contributed by atoms with Gasteiger partial charge in [0.2, 0.25) is 0 Å². The fourth-order valence-electron chi connectivity index (χ4n) is 2.46. The van der Waals surface area contributed by atoms with Crippen LogP contribution in [0.15, 0.2) is 60.7 Å². The third kappa shape index (κ3) is 3.21. The van der Waals surface area contributed by atoms with Crippen LogP contribution >= 0.6 is 0 Å². The van der Waals surface area contributed by atoms with E-state index in [0.29, 0.717) is 6.04 Å². The van der Waals surface area contributed by atoms with Crippen LogP contribution in [0.1, 0.15) is 30.5 Å². The van der Waals surface area contributed by atoms with Crippen LogP contribution in [0.5, 0.6) is 0 Å². The summed E-state index contributed by atoms with van der Waals surface area (Å²) in [7, 11) is 2.20. The molecule has 0 saturated carbocycles. The van der Waals surface area contributed by atoms with Crippen molar-refractivity contribution in [1.82, 2.24) is 4.90 Å². The Morgan fingerprint density at radius 3 is 2.00 bits per heavy atom. The van der Waals surface area contributed by atoms with Gasteiger partial charge in [-0.05, 0) is 24.6 Å². The summed E-state index contributed by atoms with van der Waals surface area (Å²) in [5.41, 5.74) is 2.77. The van der Waals surface area contributed by atoms with Crippen molar-refractivity contribution >= 4 is 0 Å². The van der Waals surface area contributed by atoms with E-state index in [4.69, 9.17) is 0 Å². The predicted octanol–water partition coefficient (Wildman–Crippen LogP) is 4.27. The lowest BCUT2D eigenvalue weighted by molar-refractivity contribution is 0.230. The van der Waals surface area contributed by atoms with Crippen LogP contribution in [0.2, 0.25) is 0 Å². The van der Waals surface area contributed by atoms with Crippen molar-refractivity contribution in [3.05, 3.63) is 71.8 Å². The van der Waals surface area contributed by atoms with Crippen molar-refractivity contribution in [3.63, 3.8) is 0 Å². The number of hydrogen-bond donors (Lipinski definition) is 0. The van der Waals surface area contributed by atoms with E-state index >= 15 is 0 Å². The smallest absolute Gasteiger partial charge is 0.0345 e. The molecule has 1 atom stereocenters. The maximum atomic E-state index is 2.42. The molecule has 0 fully saturated rings. The van der Waals surface area contributed by atoms with E-state index in [1.165, 1.54) is 11.1 Å². The van der Waals surface area contributed by atoms with Crippen molar-refractivity contribution in [2.45, 2.75) is 25.9 Å². The number of hydrogen-bond acceptors (Lipinski definition) is 1. The fourth-order valence-corrected chi connectivity index (χ4v) is 2.46. The molecule has 1 heteroatoms. The molecule has 2 rings (SSSR count). The summed E-state index contributed by atoms with van der Waals surface area (Å²) in [6.45, 7) is 3.24. The highest BCUT2D eigenvalue weighted by Crippen LogP contribution is 2.24. The van der Waals surface area contributed by atoms with Gasteiger partial charge in [-0.15, -0.1) is 0 Å². The van der Waals surface area contributed by atoms with Gasteiger partial charge in [0.25, 0.3) is 0 Å². The van der Waals surface area contributed by atoms with Crippen molar-refractivity contribution in [2.24, 2.45) is 0 Å². The standard InChI is InChI=1S/C17H21N/c1-3-17(16-12-8-5-9-13-16)18(2)14-15-10-6-4-7-11-15/h4-13,17H,3,14H2,1-2H3/t17-/m0/s1. The zero-order valence-corrected chi connectivity index (χ0v) is 11.2. The third-order valence-corrected chi connectivity index (χ3v) is 3.38. The molecule has 0 aliphatic rings. The number of rotatable bonds is 5. The lowest BCUT2D eigenvalue weighted by atomic mass is 10.0. The molecule has 0 heterocycles. The first-order valence-corrected chi connectivity index (χ1v) is 6.60. The van der Waals surface area contributed by atoms with Gasteiger partial charge in [-0.3, -0.25) is 4.90 Å². The largest absolute Gasteiger partial charge is 0.295 e. The molecule has 0 unspecified atom stereocenters. The highest BCUT2D eigenvalue weighted by molar-refractivity contribution is 5.20. The van der Waals surface area contributed by atoms with Crippen molar-refractivity contribution < 1.29 is 0 Å².